The molecule has 0 aliphatic rings. The summed E-state index contributed by atoms with van der Waals surface area (Å²) in [6.45, 7) is 3.54. The van der Waals surface area contributed by atoms with Crippen molar-refractivity contribution in [2.24, 2.45) is 0 Å². The van der Waals surface area contributed by atoms with Crippen LogP contribution in [0, 0.1) is 0 Å². The van der Waals surface area contributed by atoms with E-state index in [-0.39, 0.29) is 18.6 Å². The van der Waals surface area contributed by atoms with Crippen LogP contribution >= 0.6 is 0 Å². The second-order valence-corrected chi connectivity index (χ2v) is 7.23. The smallest absolute Gasteiger partial charge is 0.259 e. The van der Waals surface area contributed by atoms with Crippen LogP contribution in [0.4, 0.5) is 5.69 Å². The third kappa shape index (κ3) is 5.45. The maximum atomic E-state index is 13.2. The van der Waals surface area contributed by atoms with Gasteiger partial charge in [-0.1, -0.05) is 24.3 Å². The standard InChI is InChI=1S/C24H26N2O5/c1-15(2)25-23(27)14-31-22-12-17-8-6-5-7-16(17)11-19(22)24(28)26-20-13-18(29-3)9-10-21(20)30-4/h5-13,15H,14H2,1-4H3,(H,25,27)(H,26,28). The van der Waals surface area contributed by atoms with E-state index >= 15 is 0 Å². The van der Waals surface area contributed by atoms with Gasteiger partial charge >= 0.3 is 0 Å². The van der Waals surface area contributed by atoms with Crippen molar-refractivity contribution >= 4 is 28.3 Å². The molecule has 2 amide bonds. The minimum atomic E-state index is -0.392. The minimum Gasteiger partial charge on any atom is -0.497 e. The number of anilines is 1. The number of carbonyl (C=O) groups is 2. The predicted molar refractivity (Wildman–Crippen MR) is 120 cm³/mol. The number of fused-ring (bicyclic) bond motifs is 1. The first kappa shape index (κ1) is 22.0. The molecule has 2 N–H and O–H groups in total. The highest BCUT2D eigenvalue weighted by Crippen LogP contribution is 2.31. The summed E-state index contributed by atoms with van der Waals surface area (Å²) in [6, 6.07) is 16.3. The molecule has 0 radical (unpaired) electrons. The lowest BCUT2D eigenvalue weighted by Crippen LogP contribution is -2.34. The van der Waals surface area contributed by atoms with E-state index < -0.39 is 5.91 Å². The Morgan fingerprint density at radius 2 is 1.61 bits per heavy atom. The van der Waals surface area contributed by atoms with E-state index in [1.54, 1.807) is 37.4 Å². The Bertz CT molecular complexity index is 1090. The van der Waals surface area contributed by atoms with Crippen LogP contribution in [0.25, 0.3) is 10.8 Å². The van der Waals surface area contributed by atoms with E-state index in [1.807, 2.05) is 38.1 Å². The third-order valence-corrected chi connectivity index (χ3v) is 4.56. The van der Waals surface area contributed by atoms with Gasteiger partial charge < -0.3 is 24.8 Å². The Morgan fingerprint density at radius 1 is 0.903 bits per heavy atom. The lowest BCUT2D eigenvalue weighted by Gasteiger charge is -2.16. The van der Waals surface area contributed by atoms with Crippen LogP contribution in [-0.4, -0.2) is 38.7 Å². The Hall–Kier alpha value is -3.74. The zero-order valence-corrected chi connectivity index (χ0v) is 18.0. The van der Waals surface area contributed by atoms with Gasteiger partial charge in [-0.05, 0) is 48.9 Å². The summed E-state index contributed by atoms with van der Waals surface area (Å²) < 4.78 is 16.3. The molecule has 0 bridgehead atoms. The van der Waals surface area contributed by atoms with Gasteiger partial charge in [-0.25, -0.2) is 0 Å². The Morgan fingerprint density at radius 3 is 2.26 bits per heavy atom. The molecule has 0 fully saturated rings. The van der Waals surface area contributed by atoms with Crippen molar-refractivity contribution in [2.75, 3.05) is 26.1 Å². The molecule has 3 aromatic rings. The number of amides is 2. The van der Waals surface area contributed by atoms with Gasteiger partial charge in [0.1, 0.15) is 17.2 Å². The van der Waals surface area contributed by atoms with Crippen molar-refractivity contribution in [1.29, 1.82) is 0 Å². The second-order valence-electron chi connectivity index (χ2n) is 7.23. The normalized spacial score (nSPS) is 10.6. The quantitative estimate of drug-likeness (QED) is 0.573. The first-order valence-electron chi connectivity index (χ1n) is 9.89. The summed E-state index contributed by atoms with van der Waals surface area (Å²) in [7, 11) is 3.07. The summed E-state index contributed by atoms with van der Waals surface area (Å²) in [6.07, 6.45) is 0. The van der Waals surface area contributed by atoms with Crippen molar-refractivity contribution in [2.45, 2.75) is 19.9 Å². The molecule has 0 atom stereocenters. The lowest BCUT2D eigenvalue weighted by molar-refractivity contribution is -0.123. The van der Waals surface area contributed by atoms with Gasteiger partial charge in [0.15, 0.2) is 6.61 Å². The van der Waals surface area contributed by atoms with Crippen molar-refractivity contribution in [3.05, 3.63) is 60.2 Å². The van der Waals surface area contributed by atoms with Crippen LogP contribution in [0.15, 0.2) is 54.6 Å². The van der Waals surface area contributed by atoms with Crippen LogP contribution in [-0.2, 0) is 4.79 Å². The van der Waals surface area contributed by atoms with E-state index in [1.165, 1.54) is 7.11 Å². The summed E-state index contributed by atoms with van der Waals surface area (Å²) in [5.41, 5.74) is 0.768. The average Bonchev–Trinajstić information content (AvgIpc) is 2.76. The molecule has 0 spiro atoms. The summed E-state index contributed by atoms with van der Waals surface area (Å²) in [4.78, 5) is 25.2. The summed E-state index contributed by atoms with van der Waals surface area (Å²) in [5, 5.41) is 7.40. The van der Waals surface area contributed by atoms with Gasteiger partial charge in [-0.2, -0.15) is 0 Å². The molecule has 0 aliphatic carbocycles. The molecule has 0 aliphatic heterocycles. The predicted octanol–water partition coefficient (Wildman–Crippen LogP) is 4.01. The molecule has 0 heterocycles. The topological polar surface area (TPSA) is 85.9 Å². The molecule has 3 aromatic carbocycles. The minimum absolute atomic E-state index is 0.00371. The zero-order valence-electron chi connectivity index (χ0n) is 18.0. The lowest BCUT2D eigenvalue weighted by atomic mass is 10.0. The Kier molecular flexibility index (Phi) is 6.97. The van der Waals surface area contributed by atoms with E-state index in [0.717, 1.165) is 10.8 Å². The number of ether oxygens (including phenoxy) is 3. The monoisotopic (exact) mass is 422 g/mol. The number of benzene rings is 3. The Labute approximate surface area is 181 Å². The van der Waals surface area contributed by atoms with E-state index in [4.69, 9.17) is 14.2 Å². The number of hydrogen-bond donors (Lipinski definition) is 2. The first-order chi connectivity index (χ1) is 14.9. The van der Waals surface area contributed by atoms with Crippen LogP contribution < -0.4 is 24.8 Å². The second kappa shape index (κ2) is 9.84. The maximum absolute atomic E-state index is 13.2. The molecule has 0 saturated heterocycles. The van der Waals surface area contributed by atoms with Gasteiger partial charge in [-0.3, -0.25) is 9.59 Å². The largest absolute Gasteiger partial charge is 0.497 e. The van der Waals surface area contributed by atoms with Crippen molar-refractivity contribution < 1.29 is 23.8 Å². The molecule has 162 valence electrons. The Balaban J connectivity index is 1.93. The molecule has 3 rings (SSSR count). The highest BCUT2D eigenvalue weighted by molar-refractivity contribution is 6.09. The number of carbonyl (C=O) groups excluding carboxylic acids is 2. The van der Waals surface area contributed by atoms with Crippen LogP contribution in [0.3, 0.4) is 0 Å². The highest BCUT2D eigenvalue weighted by atomic mass is 16.5. The highest BCUT2D eigenvalue weighted by Gasteiger charge is 2.18. The maximum Gasteiger partial charge on any atom is 0.259 e. The van der Waals surface area contributed by atoms with Gasteiger partial charge in [0.25, 0.3) is 11.8 Å². The molecule has 7 heteroatoms. The van der Waals surface area contributed by atoms with Gasteiger partial charge in [-0.15, -0.1) is 0 Å². The zero-order chi connectivity index (χ0) is 22.4. The van der Waals surface area contributed by atoms with Gasteiger partial charge in [0, 0.05) is 12.1 Å². The number of methoxy groups -OCH3 is 2. The number of rotatable bonds is 8. The van der Waals surface area contributed by atoms with Crippen LogP contribution in [0.2, 0.25) is 0 Å². The van der Waals surface area contributed by atoms with E-state index in [9.17, 15) is 9.59 Å². The number of nitrogens with one attached hydrogen (secondary N) is 2. The molecule has 0 unspecified atom stereocenters. The fraction of sp³-hybridized carbons (Fsp3) is 0.250. The average molecular weight is 422 g/mol. The molecule has 7 nitrogen and oxygen atoms in total. The first-order valence-corrected chi connectivity index (χ1v) is 9.89. The molecule has 0 saturated carbocycles. The molecule has 31 heavy (non-hydrogen) atoms. The molecular formula is C24H26N2O5. The fourth-order valence-corrected chi connectivity index (χ4v) is 3.12. The van der Waals surface area contributed by atoms with Crippen LogP contribution in [0.1, 0.15) is 24.2 Å². The summed E-state index contributed by atoms with van der Waals surface area (Å²) in [5.74, 6) is 0.739. The molecular weight excluding hydrogens is 396 g/mol. The SMILES string of the molecule is COc1ccc(OC)c(NC(=O)c2cc3ccccc3cc2OCC(=O)NC(C)C)c1. The van der Waals surface area contributed by atoms with E-state index in [2.05, 4.69) is 10.6 Å². The van der Waals surface area contributed by atoms with Crippen molar-refractivity contribution in [3.8, 4) is 17.2 Å². The van der Waals surface area contributed by atoms with Gasteiger partial charge in [0.2, 0.25) is 0 Å². The number of hydrogen-bond acceptors (Lipinski definition) is 5. The van der Waals surface area contributed by atoms with Crippen LogP contribution in [0.5, 0.6) is 17.2 Å². The van der Waals surface area contributed by atoms with Crippen molar-refractivity contribution in [3.63, 3.8) is 0 Å². The molecule has 0 aromatic heterocycles. The van der Waals surface area contributed by atoms with E-state index in [0.29, 0.717) is 28.5 Å². The third-order valence-electron chi connectivity index (χ3n) is 4.56. The van der Waals surface area contributed by atoms with Crippen molar-refractivity contribution in [1.82, 2.24) is 5.32 Å². The summed E-state index contributed by atoms with van der Waals surface area (Å²) >= 11 is 0. The van der Waals surface area contributed by atoms with Gasteiger partial charge in [0.05, 0.1) is 25.5 Å². The fourth-order valence-electron chi connectivity index (χ4n) is 3.12.